The van der Waals surface area contributed by atoms with Crippen LogP contribution in [-0.4, -0.2) is 60.5 Å². The highest BCUT2D eigenvalue weighted by Crippen LogP contribution is 2.39. The third kappa shape index (κ3) is 5.80. The van der Waals surface area contributed by atoms with Crippen molar-refractivity contribution in [2.75, 3.05) is 6.61 Å². The van der Waals surface area contributed by atoms with Gasteiger partial charge in [-0.1, -0.05) is 80.1 Å². The number of H-pyrrole nitrogens is 1. The van der Waals surface area contributed by atoms with Gasteiger partial charge in [0.05, 0.1) is 6.61 Å². The van der Waals surface area contributed by atoms with Gasteiger partial charge in [-0.25, -0.2) is 4.79 Å². The van der Waals surface area contributed by atoms with Crippen LogP contribution in [0, 0.1) is 5.92 Å². The van der Waals surface area contributed by atoms with Crippen molar-refractivity contribution in [2.45, 2.75) is 63.8 Å². The van der Waals surface area contributed by atoms with Crippen LogP contribution >= 0.6 is 11.8 Å². The Balaban J connectivity index is 1.43. The van der Waals surface area contributed by atoms with E-state index in [1.165, 1.54) is 0 Å². The van der Waals surface area contributed by atoms with E-state index in [-0.39, 0.29) is 23.0 Å². The summed E-state index contributed by atoms with van der Waals surface area (Å²) in [5.74, 6) is 0.232. The molecule has 0 bridgehead atoms. The SMILES string of the molecule is CCCCC1SC(=NC(=O)C2CC2)N(Cc2ccc(-c3ccccc3-c3nn[nH]n3)cc2)C1C(=O)OCC. The molecule has 0 spiro atoms. The molecule has 3 aromatic rings. The minimum absolute atomic E-state index is 0.000799. The van der Waals surface area contributed by atoms with Gasteiger partial charge in [0, 0.05) is 23.3 Å². The van der Waals surface area contributed by atoms with Gasteiger partial charge in [0.1, 0.15) is 6.04 Å². The van der Waals surface area contributed by atoms with Gasteiger partial charge < -0.3 is 9.64 Å². The number of thioether (sulfide) groups is 1. The lowest BCUT2D eigenvalue weighted by Gasteiger charge is -2.27. The molecule has 1 aliphatic carbocycles. The number of rotatable bonds is 10. The van der Waals surface area contributed by atoms with Crippen LogP contribution in [0.15, 0.2) is 53.5 Å². The third-order valence-corrected chi connectivity index (χ3v) is 8.16. The highest BCUT2D eigenvalue weighted by atomic mass is 32.2. The van der Waals surface area contributed by atoms with E-state index in [1.54, 1.807) is 11.8 Å². The summed E-state index contributed by atoms with van der Waals surface area (Å²) in [5.41, 5.74) is 3.92. The van der Waals surface area contributed by atoms with Crippen LogP contribution in [0.3, 0.4) is 0 Å². The van der Waals surface area contributed by atoms with E-state index >= 15 is 0 Å². The van der Waals surface area contributed by atoms with Gasteiger partial charge in [-0.15, -0.1) is 10.2 Å². The highest BCUT2D eigenvalue weighted by Gasteiger charge is 2.45. The molecular formula is C28H32N6O3S. The first-order valence-electron chi connectivity index (χ1n) is 13.2. The van der Waals surface area contributed by atoms with Crippen LogP contribution in [0.5, 0.6) is 0 Å². The standard InChI is InChI=1S/C28H32N6O3S/c1-3-5-10-23-24(27(36)37-4-2)34(28(38-23)29-26(35)20-15-16-20)17-18-11-13-19(14-12-18)21-8-6-7-9-22(21)25-30-32-33-31-25/h6-9,11-14,20,23-24H,3-5,10,15-17H2,1-2H3,(H,30,31,32,33). The number of aliphatic imine (C=N–C) groups is 1. The molecule has 1 N–H and O–H groups in total. The van der Waals surface area contributed by atoms with Gasteiger partial charge in [-0.05, 0) is 48.1 Å². The summed E-state index contributed by atoms with van der Waals surface area (Å²) >= 11 is 1.55. The molecule has 198 valence electrons. The molecule has 5 rings (SSSR count). The topological polar surface area (TPSA) is 113 Å². The Labute approximate surface area is 226 Å². The Hall–Kier alpha value is -3.53. The molecule has 2 aliphatic rings. The quantitative estimate of drug-likeness (QED) is 0.368. The minimum atomic E-state index is -0.476. The molecule has 2 atom stereocenters. The first-order chi connectivity index (χ1) is 18.6. The second-order valence-corrected chi connectivity index (χ2v) is 10.8. The van der Waals surface area contributed by atoms with Crippen molar-refractivity contribution in [2.24, 2.45) is 10.9 Å². The molecule has 10 heteroatoms. The minimum Gasteiger partial charge on any atom is -0.464 e. The van der Waals surface area contributed by atoms with E-state index in [2.05, 4.69) is 56.8 Å². The number of esters is 1. The molecule has 0 radical (unpaired) electrons. The Morgan fingerprint density at radius 3 is 2.53 bits per heavy atom. The van der Waals surface area contributed by atoms with Crippen molar-refractivity contribution in [3.05, 3.63) is 54.1 Å². The van der Waals surface area contributed by atoms with Crippen molar-refractivity contribution in [3.63, 3.8) is 0 Å². The summed E-state index contributed by atoms with van der Waals surface area (Å²) in [6.07, 6.45) is 4.69. The summed E-state index contributed by atoms with van der Waals surface area (Å²) < 4.78 is 5.49. The van der Waals surface area contributed by atoms with E-state index in [1.807, 2.05) is 36.1 Å². The second-order valence-electron chi connectivity index (χ2n) is 9.61. The zero-order valence-corrected chi connectivity index (χ0v) is 22.5. The van der Waals surface area contributed by atoms with Crippen molar-refractivity contribution >= 4 is 28.8 Å². The average molecular weight is 533 g/mol. The molecule has 2 unspecified atom stereocenters. The average Bonchev–Trinajstić information content (AvgIpc) is 3.54. The number of tetrazole rings is 1. The summed E-state index contributed by atoms with van der Waals surface area (Å²) in [6.45, 7) is 4.74. The third-order valence-electron chi connectivity index (χ3n) is 6.82. The van der Waals surface area contributed by atoms with Gasteiger partial charge in [-0.3, -0.25) is 4.79 Å². The molecule has 2 fully saturated rings. The fourth-order valence-corrected chi connectivity index (χ4v) is 6.08. The number of amides is 1. The maximum atomic E-state index is 13.1. The van der Waals surface area contributed by atoms with Crippen molar-refractivity contribution < 1.29 is 14.3 Å². The summed E-state index contributed by atoms with van der Waals surface area (Å²) in [4.78, 5) is 32.3. The lowest BCUT2D eigenvalue weighted by atomic mass is 9.98. The zero-order chi connectivity index (χ0) is 26.5. The lowest BCUT2D eigenvalue weighted by molar-refractivity contribution is -0.148. The number of nitrogens with one attached hydrogen (secondary N) is 1. The predicted octanol–water partition coefficient (Wildman–Crippen LogP) is 4.87. The molecule has 1 saturated heterocycles. The second kappa shape index (κ2) is 11.9. The van der Waals surface area contributed by atoms with Gasteiger partial charge in [0.2, 0.25) is 5.82 Å². The fourth-order valence-electron chi connectivity index (χ4n) is 4.68. The number of benzene rings is 2. The molecule has 38 heavy (non-hydrogen) atoms. The van der Waals surface area contributed by atoms with Crippen LogP contribution < -0.4 is 0 Å². The lowest BCUT2D eigenvalue weighted by Crippen LogP contribution is -2.44. The van der Waals surface area contributed by atoms with E-state index in [4.69, 9.17) is 4.74 Å². The van der Waals surface area contributed by atoms with Crippen LogP contribution in [0.2, 0.25) is 0 Å². The van der Waals surface area contributed by atoms with Gasteiger partial charge in [-0.2, -0.15) is 10.2 Å². The number of nitrogens with zero attached hydrogens (tertiary/aromatic N) is 5. The molecule has 2 heterocycles. The predicted molar refractivity (Wildman–Crippen MR) is 147 cm³/mol. The molecule has 1 saturated carbocycles. The van der Waals surface area contributed by atoms with Gasteiger partial charge in [0.15, 0.2) is 5.17 Å². The Morgan fingerprint density at radius 2 is 1.87 bits per heavy atom. The number of carbonyl (C=O) groups is 2. The van der Waals surface area contributed by atoms with Crippen LogP contribution in [0.1, 0.15) is 51.5 Å². The normalized spacial score (nSPS) is 20.2. The van der Waals surface area contributed by atoms with Gasteiger partial charge >= 0.3 is 5.97 Å². The molecule has 9 nitrogen and oxygen atoms in total. The van der Waals surface area contributed by atoms with Crippen molar-refractivity contribution in [3.8, 4) is 22.5 Å². The fraction of sp³-hybridized carbons (Fsp3) is 0.429. The molecular weight excluding hydrogens is 500 g/mol. The molecule has 1 aliphatic heterocycles. The summed E-state index contributed by atoms with van der Waals surface area (Å²) in [6, 6.07) is 15.7. The summed E-state index contributed by atoms with van der Waals surface area (Å²) in [5, 5.41) is 15.1. The monoisotopic (exact) mass is 532 g/mol. The van der Waals surface area contributed by atoms with Crippen LogP contribution in [0.25, 0.3) is 22.5 Å². The van der Waals surface area contributed by atoms with Crippen molar-refractivity contribution in [1.82, 2.24) is 25.5 Å². The number of carbonyl (C=O) groups excluding carboxylic acids is 2. The van der Waals surface area contributed by atoms with E-state index < -0.39 is 6.04 Å². The number of aromatic amines is 1. The van der Waals surface area contributed by atoms with E-state index in [9.17, 15) is 9.59 Å². The summed E-state index contributed by atoms with van der Waals surface area (Å²) in [7, 11) is 0. The number of ether oxygens (including phenoxy) is 1. The Morgan fingerprint density at radius 1 is 1.11 bits per heavy atom. The number of hydrogen-bond donors (Lipinski definition) is 1. The van der Waals surface area contributed by atoms with Crippen LogP contribution in [-0.2, 0) is 20.9 Å². The molecule has 2 aromatic carbocycles. The number of amidine groups is 1. The van der Waals surface area contributed by atoms with E-state index in [0.717, 1.165) is 54.4 Å². The molecule has 1 amide bonds. The Bertz CT molecular complexity index is 1290. The Kier molecular flexibility index (Phi) is 8.17. The van der Waals surface area contributed by atoms with Gasteiger partial charge in [0.25, 0.3) is 5.91 Å². The number of unbranched alkanes of at least 4 members (excludes halogenated alkanes) is 1. The highest BCUT2D eigenvalue weighted by molar-refractivity contribution is 8.14. The number of aromatic nitrogens is 4. The molecule has 1 aromatic heterocycles. The zero-order valence-electron chi connectivity index (χ0n) is 21.7. The largest absolute Gasteiger partial charge is 0.464 e. The smallest absolute Gasteiger partial charge is 0.330 e. The maximum Gasteiger partial charge on any atom is 0.330 e. The van der Waals surface area contributed by atoms with E-state index in [0.29, 0.717) is 24.1 Å². The number of hydrogen-bond acceptors (Lipinski definition) is 7. The van der Waals surface area contributed by atoms with Crippen molar-refractivity contribution in [1.29, 1.82) is 0 Å². The van der Waals surface area contributed by atoms with Crippen LogP contribution in [0.4, 0.5) is 0 Å². The maximum absolute atomic E-state index is 13.1. The first-order valence-corrected chi connectivity index (χ1v) is 14.1. The first kappa shape index (κ1) is 26.1.